The number of aryl methyl sites for hydroxylation is 1. The van der Waals surface area contributed by atoms with Gasteiger partial charge in [-0.15, -0.1) is 11.3 Å². The van der Waals surface area contributed by atoms with Gasteiger partial charge in [-0.3, -0.25) is 9.59 Å². The van der Waals surface area contributed by atoms with Gasteiger partial charge in [-0.25, -0.2) is 0 Å². The van der Waals surface area contributed by atoms with Crippen LogP contribution in [-0.4, -0.2) is 36.3 Å². The molecule has 1 aromatic rings. The molecule has 31 heavy (non-hydrogen) atoms. The number of hydrogen-bond acceptors (Lipinski definition) is 3. The fraction of sp³-hybridized carbons (Fsp3) is 0.692. The quantitative estimate of drug-likeness (QED) is 0.716. The first kappa shape index (κ1) is 21.2. The van der Waals surface area contributed by atoms with Crippen LogP contribution in [0.3, 0.4) is 0 Å². The number of likely N-dealkylation sites (N-methyl/N-ethyl adjacent to an activating group) is 1. The van der Waals surface area contributed by atoms with Crippen LogP contribution >= 0.6 is 11.3 Å². The summed E-state index contributed by atoms with van der Waals surface area (Å²) < 4.78 is 0. The molecule has 2 heterocycles. The van der Waals surface area contributed by atoms with Crippen LogP contribution in [0.15, 0.2) is 23.6 Å². The van der Waals surface area contributed by atoms with E-state index in [4.69, 9.17) is 0 Å². The minimum atomic E-state index is 0.0984. The van der Waals surface area contributed by atoms with Gasteiger partial charge in [0.2, 0.25) is 5.91 Å². The summed E-state index contributed by atoms with van der Waals surface area (Å²) in [5.41, 5.74) is 1.51. The lowest BCUT2D eigenvalue weighted by Crippen LogP contribution is -2.59. The number of hydrogen-bond donors (Lipinski definition) is 1. The Bertz CT molecular complexity index is 922. The van der Waals surface area contributed by atoms with Gasteiger partial charge in [-0.1, -0.05) is 19.9 Å². The van der Waals surface area contributed by atoms with Crippen molar-refractivity contribution in [1.82, 2.24) is 10.2 Å². The van der Waals surface area contributed by atoms with Crippen LogP contribution in [0.25, 0.3) is 0 Å². The smallest absolute Gasteiger partial charge is 0.261 e. The van der Waals surface area contributed by atoms with Gasteiger partial charge < -0.3 is 10.2 Å². The zero-order valence-corrected chi connectivity index (χ0v) is 20.1. The maximum Gasteiger partial charge on any atom is 0.261 e. The minimum absolute atomic E-state index is 0.0984. The van der Waals surface area contributed by atoms with Crippen molar-refractivity contribution in [1.29, 1.82) is 0 Å². The minimum Gasteiger partial charge on any atom is -0.351 e. The number of nitrogens with zero attached hydrogens (tertiary/aromatic N) is 1. The van der Waals surface area contributed by atoms with E-state index in [1.807, 2.05) is 36.4 Å². The number of fused-ring (bicyclic) bond motifs is 5. The summed E-state index contributed by atoms with van der Waals surface area (Å²) >= 11 is 1.54. The van der Waals surface area contributed by atoms with Crippen molar-refractivity contribution < 1.29 is 9.59 Å². The summed E-state index contributed by atoms with van der Waals surface area (Å²) in [6, 6.07) is 2.37. The molecule has 1 N–H and O–H groups in total. The van der Waals surface area contributed by atoms with Gasteiger partial charge in [0, 0.05) is 25.0 Å². The Morgan fingerprint density at radius 2 is 2.00 bits per heavy atom. The van der Waals surface area contributed by atoms with Crippen molar-refractivity contribution >= 4 is 23.2 Å². The van der Waals surface area contributed by atoms with Crippen LogP contribution in [-0.2, 0) is 4.79 Å². The molecule has 2 unspecified atom stereocenters. The molecular weight excluding hydrogens is 404 g/mol. The summed E-state index contributed by atoms with van der Waals surface area (Å²) in [6.45, 7) is 7.74. The third kappa shape index (κ3) is 3.13. The van der Waals surface area contributed by atoms with Crippen LogP contribution in [0.4, 0.5) is 0 Å². The first-order valence-electron chi connectivity index (χ1n) is 12.0. The molecule has 0 bridgehead atoms. The van der Waals surface area contributed by atoms with E-state index in [-0.39, 0.29) is 17.2 Å². The van der Waals surface area contributed by atoms with Crippen molar-refractivity contribution in [3.63, 3.8) is 0 Å². The molecule has 5 heteroatoms. The van der Waals surface area contributed by atoms with Crippen molar-refractivity contribution in [3.05, 3.63) is 34.0 Å². The number of nitrogens with one attached hydrogen (secondary N) is 1. The highest BCUT2D eigenvalue weighted by molar-refractivity contribution is 7.12. The lowest BCUT2D eigenvalue weighted by atomic mass is 9.47. The number of carbonyl (C=O) groups excluding carboxylic acids is 2. The second-order valence-electron chi connectivity index (χ2n) is 11.1. The molecule has 1 aromatic heterocycles. The van der Waals surface area contributed by atoms with E-state index in [1.165, 1.54) is 32.1 Å². The van der Waals surface area contributed by atoms with Gasteiger partial charge in [0.1, 0.15) is 0 Å². The summed E-state index contributed by atoms with van der Waals surface area (Å²) in [4.78, 5) is 27.8. The molecule has 0 saturated heterocycles. The number of rotatable bonds is 3. The fourth-order valence-electron chi connectivity index (χ4n) is 8.08. The van der Waals surface area contributed by atoms with Crippen LogP contribution in [0.1, 0.15) is 67.6 Å². The molecule has 0 aromatic carbocycles. The average Bonchev–Trinajstić information content (AvgIpc) is 3.32. The predicted molar refractivity (Wildman–Crippen MR) is 125 cm³/mol. The van der Waals surface area contributed by atoms with E-state index >= 15 is 0 Å². The predicted octanol–water partition coefficient (Wildman–Crippen LogP) is 5.04. The van der Waals surface area contributed by atoms with Gasteiger partial charge in [0.05, 0.1) is 4.88 Å². The van der Waals surface area contributed by atoms with E-state index in [1.54, 1.807) is 11.3 Å². The first-order chi connectivity index (χ1) is 14.8. The van der Waals surface area contributed by atoms with Gasteiger partial charge in [-0.2, -0.15) is 0 Å². The molecule has 0 spiro atoms. The van der Waals surface area contributed by atoms with Crippen LogP contribution in [0.2, 0.25) is 0 Å². The molecular formula is C26H36N2O2S. The standard InChI is InChI=1S/C26H36N2O2S/c1-16-11-14-31-23(16)24(30)27-15-17-5-7-19-18-6-8-21-26(3,13-10-22(29)28(21)4)20(18)9-12-25(17,19)2/h10-11,13-14,17-21H,5-9,12,15H2,1-4H3,(H,27,30)/t17?,18-,19-,20+,21?,25+,26+/m0/s1. The lowest BCUT2D eigenvalue weighted by molar-refractivity contribution is -0.138. The zero-order chi connectivity index (χ0) is 22.0. The van der Waals surface area contributed by atoms with Crippen molar-refractivity contribution in [3.8, 4) is 0 Å². The Kier molecular flexibility index (Phi) is 5.12. The average molecular weight is 441 g/mol. The Morgan fingerprint density at radius 1 is 1.19 bits per heavy atom. The van der Waals surface area contributed by atoms with Crippen LogP contribution in [0, 0.1) is 41.4 Å². The Morgan fingerprint density at radius 3 is 2.74 bits per heavy atom. The molecule has 3 saturated carbocycles. The summed E-state index contributed by atoms with van der Waals surface area (Å²) in [7, 11) is 1.99. The largest absolute Gasteiger partial charge is 0.351 e. The zero-order valence-electron chi connectivity index (χ0n) is 19.3. The fourth-order valence-corrected chi connectivity index (χ4v) is 8.93. The lowest BCUT2D eigenvalue weighted by Gasteiger charge is -2.60. The normalized spacial score (nSPS) is 41.5. The molecule has 7 atom stereocenters. The number of thiophene rings is 1. The van der Waals surface area contributed by atoms with E-state index in [0.29, 0.717) is 23.3 Å². The van der Waals surface area contributed by atoms with E-state index in [0.717, 1.165) is 35.2 Å². The molecule has 2 amide bonds. The topological polar surface area (TPSA) is 49.4 Å². The number of amides is 2. The third-order valence-corrected chi connectivity index (χ3v) is 10.9. The maximum absolute atomic E-state index is 12.7. The molecule has 3 aliphatic carbocycles. The summed E-state index contributed by atoms with van der Waals surface area (Å²) in [5.74, 6) is 2.98. The monoisotopic (exact) mass is 440 g/mol. The molecule has 4 aliphatic rings. The van der Waals surface area contributed by atoms with Crippen LogP contribution < -0.4 is 5.32 Å². The second-order valence-corrected chi connectivity index (χ2v) is 12.0. The summed E-state index contributed by atoms with van der Waals surface area (Å²) in [6.07, 6.45) is 11.4. The van der Waals surface area contributed by atoms with Gasteiger partial charge >= 0.3 is 0 Å². The van der Waals surface area contributed by atoms with E-state index < -0.39 is 0 Å². The first-order valence-corrected chi connectivity index (χ1v) is 12.9. The van der Waals surface area contributed by atoms with E-state index in [2.05, 4.69) is 25.2 Å². The Balaban J connectivity index is 1.32. The highest BCUT2D eigenvalue weighted by Crippen LogP contribution is 2.65. The summed E-state index contributed by atoms with van der Waals surface area (Å²) in [5, 5.41) is 5.28. The van der Waals surface area contributed by atoms with Gasteiger partial charge in [-0.05, 0) is 97.6 Å². The molecule has 4 nitrogen and oxygen atoms in total. The molecule has 0 radical (unpaired) electrons. The maximum atomic E-state index is 12.7. The van der Waals surface area contributed by atoms with Gasteiger partial charge in [0.15, 0.2) is 0 Å². The highest BCUT2D eigenvalue weighted by atomic mass is 32.1. The molecule has 5 rings (SSSR count). The second kappa shape index (κ2) is 7.47. The highest BCUT2D eigenvalue weighted by Gasteiger charge is 2.60. The van der Waals surface area contributed by atoms with Crippen molar-refractivity contribution in [2.45, 2.75) is 65.3 Å². The van der Waals surface area contributed by atoms with Crippen molar-refractivity contribution in [2.24, 2.45) is 34.5 Å². The van der Waals surface area contributed by atoms with Crippen LogP contribution in [0.5, 0.6) is 0 Å². The molecule has 1 aliphatic heterocycles. The Hall–Kier alpha value is -1.62. The third-order valence-electron chi connectivity index (χ3n) is 9.90. The van der Waals surface area contributed by atoms with Gasteiger partial charge in [0.25, 0.3) is 5.91 Å². The Labute approximate surface area is 190 Å². The van der Waals surface area contributed by atoms with E-state index in [9.17, 15) is 9.59 Å². The molecule has 168 valence electrons. The molecule has 3 fully saturated rings. The number of carbonyl (C=O) groups is 2. The van der Waals surface area contributed by atoms with Crippen molar-refractivity contribution in [2.75, 3.05) is 13.6 Å². The SMILES string of the molecule is Cc1ccsc1C(=O)NCC1CC[C@H]2[C@@H]3CCC4N(C)C(=O)C=C[C@]4(C)[C@@H]3CC[C@]12C.